The van der Waals surface area contributed by atoms with E-state index in [1.54, 1.807) is 6.07 Å². The van der Waals surface area contributed by atoms with Gasteiger partial charge in [0, 0.05) is 12.1 Å². The third kappa shape index (κ3) is 3.17. The molecule has 1 aliphatic rings. The lowest BCUT2D eigenvalue weighted by Gasteiger charge is -2.09. The van der Waals surface area contributed by atoms with Crippen molar-refractivity contribution >= 4 is 5.84 Å². The van der Waals surface area contributed by atoms with Crippen molar-refractivity contribution in [2.45, 2.75) is 19.4 Å². The third-order valence-corrected chi connectivity index (χ3v) is 2.90. The van der Waals surface area contributed by atoms with E-state index in [1.165, 1.54) is 25.0 Å². The second-order valence-electron chi connectivity index (χ2n) is 4.36. The Morgan fingerprint density at radius 3 is 2.94 bits per heavy atom. The number of hydrogen-bond donors (Lipinski definition) is 3. The molecule has 4 N–H and O–H groups in total. The molecule has 0 unspecified atom stereocenters. The van der Waals surface area contributed by atoms with Gasteiger partial charge >= 0.3 is 0 Å². The first-order valence-electron chi connectivity index (χ1n) is 5.67. The van der Waals surface area contributed by atoms with Gasteiger partial charge in [0.25, 0.3) is 0 Å². The van der Waals surface area contributed by atoms with Gasteiger partial charge in [-0.05, 0) is 43.0 Å². The van der Waals surface area contributed by atoms with Gasteiger partial charge in [-0.1, -0.05) is 11.2 Å². The van der Waals surface area contributed by atoms with Crippen LogP contribution >= 0.6 is 0 Å². The average molecular weight is 237 g/mol. The summed E-state index contributed by atoms with van der Waals surface area (Å²) in [6.07, 6.45) is 2.56. The molecule has 1 fully saturated rings. The summed E-state index contributed by atoms with van der Waals surface area (Å²) in [6.45, 7) is 1.56. The van der Waals surface area contributed by atoms with Gasteiger partial charge in [-0.3, -0.25) is 0 Å². The Kier molecular flexibility index (Phi) is 3.58. The molecule has 4 nitrogen and oxygen atoms in total. The van der Waals surface area contributed by atoms with E-state index < -0.39 is 5.82 Å². The summed E-state index contributed by atoms with van der Waals surface area (Å²) in [5, 5.41) is 14.9. The van der Waals surface area contributed by atoms with Crippen LogP contribution in [0.5, 0.6) is 0 Å². The van der Waals surface area contributed by atoms with Crippen molar-refractivity contribution in [2.24, 2.45) is 16.8 Å². The summed E-state index contributed by atoms with van der Waals surface area (Å²) in [4.78, 5) is 0. The van der Waals surface area contributed by atoms with E-state index in [9.17, 15) is 4.39 Å². The smallest absolute Gasteiger partial charge is 0.170 e. The molecule has 0 bridgehead atoms. The highest BCUT2D eigenvalue weighted by molar-refractivity contribution is 5.98. The van der Waals surface area contributed by atoms with Crippen molar-refractivity contribution in [3.05, 3.63) is 35.1 Å². The van der Waals surface area contributed by atoms with Gasteiger partial charge in [0.05, 0.1) is 0 Å². The molecule has 5 heteroatoms. The van der Waals surface area contributed by atoms with Crippen LogP contribution in [0.2, 0.25) is 0 Å². The predicted octanol–water partition coefficient (Wildman–Crippen LogP) is 1.42. The van der Waals surface area contributed by atoms with Gasteiger partial charge in [-0.15, -0.1) is 0 Å². The number of amidine groups is 1. The molecule has 0 saturated heterocycles. The normalized spacial score (nSPS) is 16.2. The van der Waals surface area contributed by atoms with Crippen LogP contribution in [0, 0.1) is 11.7 Å². The van der Waals surface area contributed by atoms with Gasteiger partial charge in [0.1, 0.15) is 5.82 Å². The number of halogens is 1. The largest absolute Gasteiger partial charge is 0.409 e. The van der Waals surface area contributed by atoms with E-state index in [-0.39, 0.29) is 5.84 Å². The number of nitrogens with two attached hydrogens (primary N) is 1. The van der Waals surface area contributed by atoms with E-state index in [0.717, 1.165) is 18.0 Å². The first-order chi connectivity index (χ1) is 8.20. The number of nitrogens with zero attached hydrogens (tertiary/aromatic N) is 1. The van der Waals surface area contributed by atoms with Crippen LogP contribution in [-0.4, -0.2) is 17.6 Å². The Morgan fingerprint density at radius 1 is 1.53 bits per heavy atom. The molecule has 0 aliphatic heterocycles. The van der Waals surface area contributed by atoms with Gasteiger partial charge < -0.3 is 16.3 Å². The van der Waals surface area contributed by atoms with Crippen LogP contribution in [0.15, 0.2) is 23.4 Å². The van der Waals surface area contributed by atoms with Crippen molar-refractivity contribution in [1.82, 2.24) is 5.32 Å². The maximum Gasteiger partial charge on any atom is 0.170 e. The molecule has 92 valence electrons. The maximum absolute atomic E-state index is 13.1. The van der Waals surface area contributed by atoms with Crippen LogP contribution < -0.4 is 11.1 Å². The summed E-state index contributed by atoms with van der Waals surface area (Å²) in [7, 11) is 0. The Balaban J connectivity index is 2.07. The molecule has 0 spiro atoms. The van der Waals surface area contributed by atoms with Gasteiger partial charge in [-0.25, -0.2) is 4.39 Å². The zero-order chi connectivity index (χ0) is 12.3. The van der Waals surface area contributed by atoms with Crippen LogP contribution in [0.25, 0.3) is 0 Å². The summed E-state index contributed by atoms with van der Waals surface area (Å²) >= 11 is 0. The molecule has 0 atom stereocenters. The van der Waals surface area contributed by atoms with Crippen LogP contribution in [0.1, 0.15) is 24.0 Å². The molecular weight excluding hydrogens is 221 g/mol. The summed E-state index contributed by atoms with van der Waals surface area (Å²) in [6, 6.07) is 4.31. The van der Waals surface area contributed by atoms with Crippen LogP contribution in [-0.2, 0) is 6.54 Å². The Morgan fingerprint density at radius 2 is 2.29 bits per heavy atom. The monoisotopic (exact) mass is 237 g/mol. The Bertz CT molecular complexity index is 430. The van der Waals surface area contributed by atoms with E-state index in [2.05, 4.69) is 10.5 Å². The van der Waals surface area contributed by atoms with E-state index >= 15 is 0 Å². The molecule has 0 heterocycles. The molecule has 17 heavy (non-hydrogen) atoms. The first-order valence-corrected chi connectivity index (χ1v) is 5.67. The highest BCUT2D eigenvalue weighted by Crippen LogP contribution is 2.27. The zero-order valence-corrected chi connectivity index (χ0v) is 9.49. The molecular formula is C12H16FN3O. The summed E-state index contributed by atoms with van der Waals surface area (Å²) in [5.41, 5.74) is 6.79. The minimum absolute atomic E-state index is 0.0623. The fourth-order valence-corrected chi connectivity index (χ4v) is 1.73. The van der Waals surface area contributed by atoms with Crippen LogP contribution in [0.4, 0.5) is 4.39 Å². The van der Waals surface area contributed by atoms with E-state index in [1.807, 2.05) is 0 Å². The fraction of sp³-hybridized carbons (Fsp3) is 0.417. The zero-order valence-electron chi connectivity index (χ0n) is 9.49. The topological polar surface area (TPSA) is 70.6 Å². The quantitative estimate of drug-likeness (QED) is 0.314. The maximum atomic E-state index is 13.1. The molecule has 1 aliphatic carbocycles. The second kappa shape index (κ2) is 5.14. The molecule has 1 aromatic carbocycles. The lowest BCUT2D eigenvalue weighted by molar-refractivity contribution is 0.318. The Labute approximate surface area is 99.3 Å². The van der Waals surface area contributed by atoms with Crippen molar-refractivity contribution < 1.29 is 9.60 Å². The lowest BCUT2D eigenvalue weighted by atomic mass is 10.1. The third-order valence-electron chi connectivity index (χ3n) is 2.90. The highest BCUT2D eigenvalue weighted by Gasteiger charge is 2.20. The number of hydrogen-bond acceptors (Lipinski definition) is 3. The van der Waals surface area contributed by atoms with Crippen molar-refractivity contribution in [2.75, 3.05) is 6.54 Å². The summed E-state index contributed by atoms with van der Waals surface area (Å²) < 4.78 is 13.1. The number of benzene rings is 1. The fourth-order valence-electron chi connectivity index (χ4n) is 1.73. The minimum Gasteiger partial charge on any atom is -0.409 e. The molecule has 0 radical (unpaired) electrons. The highest BCUT2D eigenvalue weighted by atomic mass is 19.1. The van der Waals surface area contributed by atoms with Gasteiger partial charge in [-0.2, -0.15) is 0 Å². The first kappa shape index (κ1) is 11.9. The molecule has 0 amide bonds. The van der Waals surface area contributed by atoms with E-state index in [4.69, 9.17) is 10.9 Å². The van der Waals surface area contributed by atoms with Crippen molar-refractivity contribution in [1.29, 1.82) is 0 Å². The molecule has 2 rings (SSSR count). The number of oxime groups is 1. The predicted molar refractivity (Wildman–Crippen MR) is 63.3 cm³/mol. The Hall–Kier alpha value is -1.62. The molecule has 0 aromatic heterocycles. The number of rotatable bonds is 5. The second-order valence-corrected chi connectivity index (χ2v) is 4.36. The van der Waals surface area contributed by atoms with Crippen molar-refractivity contribution in [3.63, 3.8) is 0 Å². The minimum atomic E-state index is -0.391. The summed E-state index contributed by atoms with van der Waals surface area (Å²) in [5.74, 6) is 0.327. The van der Waals surface area contributed by atoms with E-state index in [0.29, 0.717) is 12.1 Å². The SMILES string of the molecule is NC(=NO)c1cc(F)ccc1CNCC1CC1. The van der Waals surface area contributed by atoms with Crippen molar-refractivity contribution in [3.8, 4) is 0 Å². The lowest BCUT2D eigenvalue weighted by Crippen LogP contribution is -2.21. The standard InChI is InChI=1S/C12H16FN3O/c13-10-4-3-9(7-15-6-8-1-2-8)11(5-10)12(14)16-17/h3-5,8,15,17H,1-2,6-7H2,(H2,14,16). The number of nitrogens with one attached hydrogen (secondary N) is 1. The molecule has 1 saturated carbocycles. The van der Waals surface area contributed by atoms with Gasteiger partial charge in [0.15, 0.2) is 5.84 Å². The van der Waals surface area contributed by atoms with Gasteiger partial charge in [0.2, 0.25) is 0 Å². The average Bonchev–Trinajstić information content (AvgIpc) is 3.14. The molecule has 1 aromatic rings. The van der Waals surface area contributed by atoms with Crippen LogP contribution in [0.3, 0.4) is 0 Å².